The molecule has 25 heavy (non-hydrogen) atoms. The summed E-state index contributed by atoms with van der Waals surface area (Å²) < 4.78 is 0. The van der Waals surface area contributed by atoms with Crippen LogP contribution in [-0.2, 0) is 6.54 Å². The number of aromatic nitrogens is 1. The van der Waals surface area contributed by atoms with E-state index in [9.17, 15) is 4.79 Å². The van der Waals surface area contributed by atoms with E-state index in [4.69, 9.17) is 0 Å². The van der Waals surface area contributed by atoms with Gasteiger partial charge >= 0.3 is 0 Å². The van der Waals surface area contributed by atoms with Crippen molar-refractivity contribution in [2.75, 3.05) is 39.0 Å². The van der Waals surface area contributed by atoms with E-state index in [1.165, 1.54) is 16.9 Å². The number of carbonyl (C=O) groups excluding carboxylic acids is 1. The minimum absolute atomic E-state index is 0.0180. The standard InChI is InChI=1S/C19H26N4OS/c1-20-19-21-17(14-25-19)18(24)22(2)12-16-8-10-23(11-9-16)13-15-6-4-3-5-7-15/h3-7,14,16H,8-13H2,1-2H3,(H,20,21). The van der Waals surface area contributed by atoms with E-state index in [-0.39, 0.29) is 5.91 Å². The molecule has 1 aliphatic heterocycles. The van der Waals surface area contributed by atoms with E-state index < -0.39 is 0 Å². The third-order valence-corrected chi connectivity index (χ3v) is 5.63. The van der Waals surface area contributed by atoms with Crippen molar-refractivity contribution in [1.29, 1.82) is 0 Å². The van der Waals surface area contributed by atoms with Gasteiger partial charge < -0.3 is 10.2 Å². The van der Waals surface area contributed by atoms with E-state index in [0.29, 0.717) is 11.6 Å². The maximum absolute atomic E-state index is 12.5. The second kappa shape index (κ2) is 8.45. The molecule has 0 spiro atoms. The van der Waals surface area contributed by atoms with Gasteiger partial charge in [0.05, 0.1) is 0 Å². The molecular formula is C19H26N4OS. The van der Waals surface area contributed by atoms with Gasteiger partial charge in [0, 0.05) is 32.6 Å². The summed E-state index contributed by atoms with van der Waals surface area (Å²) in [6, 6.07) is 10.6. The maximum Gasteiger partial charge on any atom is 0.273 e. The molecule has 0 bridgehead atoms. The number of benzene rings is 1. The Balaban J connectivity index is 1.46. The first kappa shape index (κ1) is 17.9. The number of hydrogen-bond donors (Lipinski definition) is 1. The summed E-state index contributed by atoms with van der Waals surface area (Å²) in [7, 11) is 3.71. The van der Waals surface area contributed by atoms with Crippen molar-refractivity contribution in [3.05, 3.63) is 47.0 Å². The van der Waals surface area contributed by atoms with Crippen LogP contribution in [0.2, 0.25) is 0 Å². The van der Waals surface area contributed by atoms with E-state index in [1.807, 2.05) is 24.4 Å². The van der Waals surface area contributed by atoms with Crippen molar-refractivity contribution in [2.24, 2.45) is 5.92 Å². The number of carbonyl (C=O) groups is 1. The Bertz CT molecular complexity index is 680. The first-order chi connectivity index (χ1) is 12.2. The van der Waals surface area contributed by atoms with Crippen LogP contribution in [0.25, 0.3) is 0 Å². The number of amides is 1. The van der Waals surface area contributed by atoms with Gasteiger partial charge in [-0.2, -0.15) is 0 Å². The number of piperidine rings is 1. The van der Waals surface area contributed by atoms with E-state index in [0.717, 1.165) is 44.2 Å². The molecule has 0 atom stereocenters. The zero-order valence-corrected chi connectivity index (χ0v) is 15.8. The molecule has 1 N–H and O–H groups in total. The highest BCUT2D eigenvalue weighted by Crippen LogP contribution is 2.21. The molecule has 3 rings (SSSR count). The van der Waals surface area contributed by atoms with E-state index in [1.54, 1.807) is 0 Å². The number of thiazole rings is 1. The lowest BCUT2D eigenvalue weighted by Gasteiger charge is -2.33. The van der Waals surface area contributed by atoms with Gasteiger partial charge in [-0.05, 0) is 37.4 Å². The SMILES string of the molecule is CNc1nc(C(=O)N(C)CC2CCN(Cc3ccccc3)CC2)cs1. The van der Waals surface area contributed by atoms with Crippen LogP contribution in [-0.4, -0.2) is 54.4 Å². The van der Waals surface area contributed by atoms with Crippen LogP contribution < -0.4 is 5.32 Å². The van der Waals surface area contributed by atoms with Crippen LogP contribution in [0.4, 0.5) is 5.13 Å². The summed E-state index contributed by atoms with van der Waals surface area (Å²) in [5, 5.41) is 5.59. The third-order valence-electron chi connectivity index (χ3n) is 4.77. The summed E-state index contributed by atoms with van der Waals surface area (Å²) in [5.41, 5.74) is 1.91. The highest BCUT2D eigenvalue weighted by molar-refractivity contribution is 7.13. The number of likely N-dealkylation sites (tertiary alicyclic amines) is 1. The van der Waals surface area contributed by atoms with Gasteiger partial charge in [-0.25, -0.2) is 4.98 Å². The summed E-state index contributed by atoms with van der Waals surface area (Å²) in [5.74, 6) is 0.591. The van der Waals surface area contributed by atoms with E-state index in [2.05, 4.69) is 45.5 Å². The molecule has 0 saturated carbocycles. The van der Waals surface area contributed by atoms with Gasteiger partial charge in [0.1, 0.15) is 5.69 Å². The average Bonchev–Trinajstić information content (AvgIpc) is 3.13. The lowest BCUT2D eigenvalue weighted by atomic mass is 9.96. The molecule has 1 aromatic carbocycles. The Kier molecular flexibility index (Phi) is 6.04. The molecule has 6 heteroatoms. The van der Waals surface area contributed by atoms with Crippen LogP contribution in [0.3, 0.4) is 0 Å². The Morgan fingerprint density at radius 3 is 2.68 bits per heavy atom. The van der Waals surface area contributed by atoms with Crippen molar-refractivity contribution in [2.45, 2.75) is 19.4 Å². The molecule has 5 nitrogen and oxygen atoms in total. The summed E-state index contributed by atoms with van der Waals surface area (Å²) in [6.07, 6.45) is 2.28. The van der Waals surface area contributed by atoms with Gasteiger partial charge in [0.25, 0.3) is 5.91 Å². The average molecular weight is 359 g/mol. The summed E-state index contributed by atoms with van der Waals surface area (Å²) >= 11 is 1.47. The fraction of sp³-hybridized carbons (Fsp3) is 0.474. The number of nitrogens with zero attached hydrogens (tertiary/aromatic N) is 3. The number of nitrogens with one attached hydrogen (secondary N) is 1. The fourth-order valence-electron chi connectivity index (χ4n) is 3.32. The van der Waals surface area contributed by atoms with Crippen LogP contribution in [0.5, 0.6) is 0 Å². The second-order valence-corrected chi connectivity index (χ2v) is 7.54. The molecule has 1 aromatic heterocycles. The zero-order chi connectivity index (χ0) is 17.6. The molecular weight excluding hydrogens is 332 g/mol. The predicted octanol–water partition coefficient (Wildman–Crippen LogP) is 3.17. The molecule has 0 radical (unpaired) electrons. The smallest absolute Gasteiger partial charge is 0.273 e. The molecule has 1 saturated heterocycles. The minimum atomic E-state index is 0.0180. The van der Waals surface area contributed by atoms with Crippen LogP contribution >= 0.6 is 11.3 Å². The van der Waals surface area contributed by atoms with Crippen molar-refractivity contribution in [3.8, 4) is 0 Å². The number of rotatable bonds is 6. The fourth-order valence-corrected chi connectivity index (χ4v) is 3.97. The Morgan fingerprint density at radius 2 is 2.04 bits per heavy atom. The van der Waals surface area contributed by atoms with Gasteiger partial charge in [-0.15, -0.1) is 11.3 Å². The zero-order valence-electron chi connectivity index (χ0n) is 14.9. The minimum Gasteiger partial charge on any atom is -0.365 e. The Labute approximate surface area is 153 Å². The molecule has 0 aliphatic carbocycles. The second-order valence-electron chi connectivity index (χ2n) is 6.68. The first-order valence-corrected chi connectivity index (χ1v) is 9.68. The molecule has 2 aromatic rings. The van der Waals surface area contributed by atoms with Crippen LogP contribution in [0.15, 0.2) is 35.7 Å². The largest absolute Gasteiger partial charge is 0.365 e. The molecule has 1 fully saturated rings. The lowest BCUT2D eigenvalue weighted by molar-refractivity contribution is 0.0732. The van der Waals surface area contributed by atoms with Gasteiger partial charge in [-0.3, -0.25) is 9.69 Å². The maximum atomic E-state index is 12.5. The van der Waals surface area contributed by atoms with Gasteiger partial charge in [0.15, 0.2) is 5.13 Å². The normalized spacial score (nSPS) is 15.9. The number of hydrogen-bond acceptors (Lipinski definition) is 5. The van der Waals surface area contributed by atoms with Crippen LogP contribution in [0.1, 0.15) is 28.9 Å². The highest BCUT2D eigenvalue weighted by atomic mass is 32.1. The van der Waals surface area contributed by atoms with E-state index >= 15 is 0 Å². The Hall–Kier alpha value is -1.92. The summed E-state index contributed by atoms with van der Waals surface area (Å²) in [6.45, 7) is 4.03. The summed E-state index contributed by atoms with van der Waals surface area (Å²) in [4.78, 5) is 21.1. The van der Waals surface area contributed by atoms with Gasteiger partial charge in [0.2, 0.25) is 0 Å². The van der Waals surface area contributed by atoms with Crippen molar-refractivity contribution in [1.82, 2.24) is 14.8 Å². The van der Waals surface area contributed by atoms with Gasteiger partial charge in [-0.1, -0.05) is 30.3 Å². The monoisotopic (exact) mass is 358 g/mol. The molecule has 2 heterocycles. The molecule has 0 unspecified atom stereocenters. The van der Waals surface area contributed by atoms with Crippen molar-refractivity contribution < 1.29 is 4.79 Å². The number of anilines is 1. The topological polar surface area (TPSA) is 48.5 Å². The molecule has 1 amide bonds. The van der Waals surface area contributed by atoms with Crippen molar-refractivity contribution in [3.63, 3.8) is 0 Å². The van der Waals surface area contributed by atoms with Crippen LogP contribution in [0, 0.1) is 5.92 Å². The first-order valence-electron chi connectivity index (χ1n) is 8.80. The predicted molar refractivity (Wildman–Crippen MR) is 103 cm³/mol. The van der Waals surface area contributed by atoms with Crippen molar-refractivity contribution >= 4 is 22.4 Å². The third kappa shape index (κ3) is 4.80. The molecule has 134 valence electrons. The molecule has 1 aliphatic rings. The Morgan fingerprint density at radius 1 is 1.32 bits per heavy atom. The quantitative estimate of drug-likeness (QED) is 0.862. The highest BCUT2D eigenvalue weighted by Gasteiger charge is 2.23. The lowest BCUT2D eigenvalue weighted by Crippen LogP contribution is -2.39.